The molecule has 4 saturated carbocycles. The number of halogens is 1. The first-order valence-corrected chi connectivity index (χ1v) is 14.1. The Morgan fingerprint density at radius 1 is 1.19 bits per heavy atom. The first-order chi connectivity index (χ1) is 17.7. The number of rotatable bonds is 8. The van der Waals surface area contributed by atoms with Crippen LogP contribution < -0.4 is 14.9 Å². The summed E-state index contributed by atoms with van der Waals surface area (Å²) < 4.78 is 16.0. The zero-order chi connectivity index (χ0) is 26.3. The Morgan fingerprint density at radius 2 is 1.84 bits per heavy atom. The number of hydrogen-bond donors (Lipinski definition) is 1. The number of carbonyl (C=O) groups excluding carboxylic acids is 3. The van der Waals surface area contributed by atoms with E-state index in [1.165, 1.54) is 31.4 Å². The van der Waals surface area contributed by atoms with Crippen LogP contribution in [0.1, 0.15) is 51.0 Å². The predicted molar refractivity (Wildman–Crippen MR) is 144 cm³/mol. The Bertz CT molecular complexity index is 1150. The SMILES string of the molecule is CCOc1cc(/C=C2\SC(=S)N(NC(=O)C34CC5CC(CC(C5)C3)C4)C2=O)cc(Cl)c1OCC(=O)OC. The summed E-state index contributed by atoms with van der Waals surface area (Å²) in [6, 6.07) is 3.28. The van der Waals surface area contributed by atoms with Gasteiger partial charge in [0.25, 0.3) is 5.91 Å². The van der Waals surface area contributed by atoms with Gasteiger partial charge in [0.05, 0.1) is 29.1 Å². The standard InChI is InChI=1S/C26H29ClN2O6S2/c1-3-34-19-8-14(7-18(27)22(19)35-13-21(30)33-2)9-20-23(31)29(25(36)37-20)28-24(32)26-10-15-4-16(11-26)6-17(5-15)12-26/h7-9,15-17H,3-6,10-13H2,1-2H3,(H,28,32)/b20-9-. The van der Waals surface area contributed by atoms with E-state index < -0.39 is 5.97 Å². The summed E-state index contributed by atoms with van der Waals surface area (Å²) in [6.45, 7) is 1.83. The number of ether oxygens (including phenoxy) is 3. The van der Waals surface area contributed by atoms with Crippen LogP contribution in [-0.4, -0.2) is 47.4 Å². The maximum atomic E-state index is 13.5. The van der Waals surface area contributed by atoms with Crippen molar-refractivity contribution in [3.8, 4) is 11.5 Å². The first-order valence-electron chi connectivity index (χ1n) is 12.5. The van der Waals surface area contributed by atoms with Crippen molar-refractivity contribution in [3.05, 3.63) is 27.6 Å². The highest BCUT2D eigenvalue weighted by Gasteiger charge is 2.55. The summed E-state index contributed by atoms with van der Waals surface area (Å²) in [6.07, 6.45) is 8.05. The van der Waals surface area contributed by atoms with E-state index in [9.17, 15) is 14.4 Å². The molecule has 1 aromatic rings. The molecule has 1 heterocycles. The molecule has 2 amide bonds. The Labute approximate surface area is 230 Å². The van der Waals surface area contributed by atoms with Crippen LogP contribution in [0.3, 0.4) is 0 Å². The third kappa shape index (κ3) is 5.20. The number of amides is 2. The van der Waals surface area contributed by atoms with Gasteiger partial charge in [-0.2, -0.15) is 5.01 Å². The molecule has 0 unspecified atom stereocenters. The Kier molecular flexibility index (Phi) is 7.44. The molecule has 5 aliphatic rings. The fraction of sp³-hybridized carbons (Fsp3) is 0.538. The molecule has 1 aliphatic heterocycles. The number of nitrogens with one attached hydrogen (secondary N) is 1. The van der Waals surface area contributed by atoms with Crippen molar-refractivity contribution in [2.24, 2.45) is 23.2 Å². The van der Waals surface area contributed by atoms with Crippen LogP contribution in [-0.2, 0) is 19.1 Å². The lowest BCUT2D eigenvalue weighted by Gasteiger charge is -2.55. The lowest BCUT2D eigenvalue weighted by atomic mass is 9.49. The maximum Gasteiger partial charge on any atom is 0.343 e. The van der Waals surface area contributed by atoms with E-state index >= 15 is 0 Å². The van der Waals surface area contributed by atoms with Gasteiger partial charge in [-0.15, -0.1) is 0 Å². The van der Waals surface area contributed by atoms with Crippen molar-refractivity contribution in [2.75, 3.05) is 20.3 Å². The Balaban J connectivity index is 1.32. The zero-order valence-electron chi connectivity index (χ0n) is 20.7. The van der Waals surface area contributed by atoms with Crippen LogP contribution in [0, 0.1) is 23.2 Å². The highest BCUT2D eigenvalue weighted by Crippen LogP contribution is 2.60. The molecule has 1 N–H and O–H groups in total. The molecule has 1 saturated heterocycles. The summed E-state index contributed by atoms with van der Waals surface area (Å²) in [5.41, 5.74) is 3.07. The molecule has 8 nitrogen and oxygen atoms in total. The van der Waals surface area contributed by atoms with E-state index in [0.717, 1.165) is 31.0 Å². The lowest BCUT2D eigenvalue weighted by Crippen LogP contribution is -2.57. The molecule has 11 heteroatoms. The van der Waals surface area contributed by atoms with Crippen molar-refractivity contribution < 1.29 is 28.6 Å². The summed E-state index contributed by atoms with van der Waals surface area (Å²) in [5.74, 6) is 1.37. The van der Waals surface area contributed by atoms with Crippen LogP contribution in [0.15, 0.2) is 17.0 Å². The van der Waals surface area contributed by atoms with Crippen molar-refractivity contribution in [3.63, 3.8) is 0 Å². The fourth-order valence-electron chi connectivity index (χ4n) is 6.59. The van der Waals surface area contributed by atoms with Crippen LogP contribution >= 0.6 is 35.6 Å². The topological polar surface area (TPSA) is 94.2 Å². The second-order valence-electron chi connectivity index (χ2n) is 10.3. The van der Waals surface area contributed by atoms with Gasteiger partial charge in [-0.05, 0) is 99.2 Å². The first kappa shape index (κ1) is 26.3. The summed E-state index contributed by atoms with van der Waals surface area (Å²) in [4.78, 5) is 38.6. The molecule has 0 aromatic heterocycles. The highest BCUT2D eigenvalue weighted by molar-refractivity contribution is 8.26. The number of hydrazine groups is 1. The molecule has 5 fully saturated rings. The number of methoxy groups -OCH3 is 1. The Hall–Kier alpha value is -2.30. The molecule has 37 heavy (non-hydrogen) atoms. The molecule has 4 aliphatic carbocycles. The van der Waals surface area contributed by atoms with Crippen LogP contribution in [0.4, 0.5) is 0 Å². The number of hydrogen-bond acceptors (Lipinski definition) is 8. The number of nitrogens with zero attached hydrogens (tertiary/aromatic N) is 1. The Morgan fingerprint density at radius 3 is 2.43 bits per heavy atom. The van der Waals surface area contributed by atoms with Gasteiger partial charge in [-0.1, -0.05) is 23.4 Å². The minimum absolute atomic E-state index is 0.0852. The molecule has 198 valence electrons. The van der Waals surface area contributed by atoms with Gasteiger partial charge in [-0.25, -0.2) is 4.79 Å². The second-order valence-corrected chi connectivity index (χ2v) is 12.4. The number of esters is 1. The van der Waals surface area contributed by atoms with Gasteiger partial charge in [0, 0.05) is 0 Å². The molecule has 1 aromatic carbocycles. The molecule has 0 atom stereocenters. The normalized spacial score (nSPS) is 29.1. The average molecular weight is 565 g/mol. The van der Waals surface area contributed by atoms with Crippen LogP contribution in [0.25, 0.3) is 6.08 Å². The van der Waals surface area contributed by atoms with E-state index in [1.54, 1.807) is 18.2 Å². The number of carbonyl (C=O) groups is 3. The smallest absolute Gasteiger partial charge is 0.343 e. The van der Waals surface area contributed by atoms with Gasteiger partial charge >= 0.3 is 5.97 Å². The maximum absolute atomic E-state index is 13.5. The highest BCUT2D eigenvalue weighted by atomic mass is 35.5. The number of thioether (sulfide) groups is 1. The van der Waals surface area contributed by atoms with Gasteiger partial charge in [-0.3, -0.25) is 15.0 Å². The molecule has 0 radical (unpaired) electrons. The van der Waals surface area contributed by atoms with E-state index in [1.807, 2.05) is 6.92 Å². The van der Waals surface area contributed by atoms with Crippen molar-refractivity contribution in [2.45, 2.75) is 45.4 Å². The number of benzene rings is 1. The van der Waals surface area contributed by atoms with E-state index in [0.29, 0.717) is 40.6 Å². The van der Waals surface area contributed by atoms with Gasteiger partial charge in [0.1, 0.15) is 0 Å². The van der Waals surface area contributed by atoms with Crippen LogP contribution in [0.5, 0.6) is 11.5 Å². The van der Waals surface area contributed by atoms with Crippen molar-refractivity contribution in [1.29, 1.82) is 0 Å². The summed E-state index contributed by atoms with van der Waals surface area (Å²) in [7, 11) is 1.27. The summed E-state index contributed by atoms with van der Waals surface area (Å²) >= 11 is 13.0. The predicted octanol–water partition coefficient (Wildman–Crippen LogP) is 4.74. The largest absolute Gasteiger partial charge is 0.490 e. The van der Waals surface area contributed by atoms with Crippen molar-refractivity contribution >= 4 is 63.8 Å². The fourth-order valence-corrected chi connectivity index (χ4v) is 8.04. The average Bonchev–Trinajstić information content (AvgIpc) is 3.10. The third-order valence-electron chi connectivity index (χ3n) is 7.72. The van der Waals surface area contributed by atoms with E-state index in [2.05, 4.69) is 10.2 Å². The van der Waals surface area contributed by atoms with Gasteiger partial charge in [0.15, 0.2) is 22.4 Å². The minimum Gasteiger partial charge on any atom is -0.490 e. The monoisotopic (exact) mass is 564 g/mol. The van der Waals surface area contributed by atoms with Crippen molar-refractivity contribution in [1.82, 2.24) is 10.4 Å². The molecular weight excluding hydrogens is 536 g/mol. The molecule has 0 spiro atoms. The quantitative estimate of drug-likeness (QED) is 0.275. The van der Waals surface area contributed by atoms with E-state index in [-0.39, 0.29) is 38.9 Å². The third-order valence-corrected chi connectivity index (χ3v) is 9.30. The second kappa shape index (κ2) is 10.5. The molecular formula is C26H29ClN2O6S2. The zero-order valence-corrected chi connectivity index (χ0v) is 23.1. The molecule has 4 bridgehead atoms. The molecule has 6 rings (SSSR count). The van der Waals surface area contributed by atoms with E-state index in [4.69, 9.17) is 33.3 Å². The number of thiocarbonyl (C=S) groups is 1. The summed E-state index contributed by atoms with van der Waals surface area (Å²) in [5, 5.41) is 1.41. The van der Waals surface area contributed by atoms with Gasteiger partial charge < -0.3 is 14.2 Å². The minimum atomic E-state index is -0.554. The van der Waals surface area contributed by atoms with Crippen LogP contribution in [0.2, 0.25) is 5.02 Å². The van der Waals surface area contributed by atoms with Gasteiger partial charge in [0.2, 0.25) is 5.91 Å². The lowest BCUT2D eigenvalue weighted by molar-refractivity contribution is -0.152.